The van der Waals surface area contributed by atoms with Gasteiger partial charge in [0, 0.05) is 37.8 Å². The number of benzene rings is 1. The molecule has 5 heteroatoms. The first-order chi connectivity index (χ1) is 12.1. The van der Waals surface area contributed by atoms with Gasteiger partial charge in [0.25, 0.3) is 0 Å². The van der Waals surface area contributed by atoms with E-state index in [0.29, 0.717) is 12.0 Å². The molecule has 25 heavy (non-hydrogen) atoms. The highest BCUT2D eigenvalue weighted by Crippen LogP contribution is 2.24. The van der Waals surface area contributed by atoms with Gasteiger partial charge < -0.3 is 15.7 Å². The summed E-state index contributed by atoms with van der Waals surface area (Å²) >= 11 is 0. The van der Waals surface area contributed by atoms with Gasteiger partial charge in [0.2, 0.25) is 0 Å². The fourth-order valence-corrected chi connectivity index (χ4v) is 4.14. The number of amides is 2. The molecule has 0 radical (unpaired) electrons. The first-order valence-electron chi connectivity index (χ1n) is 9.60. The van der Waals surface area contributed by atoms with Crippen LogP contribution in [-0.2, 0) is 6.54 Å². The Morgan fingerprint density at radius 2 is 1.80 bits per heavy atom. The second kappa shape index (κ2) is 8.68. The number of hydrogen-bond donors (Lipinski definition) is 3. The molecule has 1 heterocycles. The van der Waals surface area contributed by atoms with Crippen LogP contribution in [-0.4, -0.2) is 47.3 Å². The predicted molar refractivity (Wildman–Crippen MR) is 99.2 cm³/mol. The van der Waals surface area contributed by atoms with Gasteiger partial charge in [0.05, 0.1) is 0 Å². The van der Waals surface area contributed by atoms with E-state index in [-0.39, 0.29) is 24.7 Å². The highest BCUT2D eigenvalue weighted by atomic mass is 16.3. The number of aliphatic hydroxyl groups is 1. The molecule has 1 aliphatic heterocycles. The zero-order valence-corrected chi connectivity index (χ0v) is 15.2. The first kappa shape index (κ1) is 18.2. The molecule has 0 aromatic heterocycles. The van der Waals surface area contributed by atoms with Crippen LogP contribution in [0, 0.1) is 5.92 Å². The molecule has 2 aliphatic rings. The number of rotatable bonds is 5. The van der Waals surface area contributed by atoms with E-state index >= 15 is 0 Å². The van der Waals surface area contributed by atoms with Gasteiger partial charge in [-0.2, -0.15) is 0 Å². The van der Waals surface area contributed by atoms with Gasteiger partial charge in [0.15, 0.2) is 0 Å². The summed E-state index contributed by atoms with van der Waals surface area (Å²) in [7, 11) is 0. The standard InChI is InChI=1S/C20H31N3O2/c1-15-11-19(13-23(15)12-16-5-3-2-4-6-16)22-20(25)21-18-9-7-17(14-24)8-10-18/h2-6,15,17-19,24H,7-14H2,1H3,(H2,21,22,25). The number of hydrogen-bond acceptors (Lipinski definition) is 3. The van der Waals surface area contributed by atoms with Crippen molar-refractivity contribution in [3.05, 3.63) is 35.9 Å². The summed E-state index contributed by atoms with van der Waals surface area (Å²) in [6.45, 7) is 4.35. The molecule has 2 unspecified atom stereocenters. The van der Waals surface area contributed by atoms with E-state index in [2.05, 4.69) is 46.7 Å². The van der Waals surface area contributed by atoms with Crippen LogP contribution in [0.25, 0.3) is 0 Å². The second-order valence-corrected chi connectivity index (χ2v) is 7.71. The van der Waals surface area contributed by atoms with Crippen LogP contribution in [0.4, 0.5) is 4.79 Å². The van der Waals surface area contributed by atoms with Crippen LogP contribution < -0.4 is 10.6 Å². The van der Waals surface area contributed by atoms with Gasteiger partial charge in [0.1, 0.15) is 0 Å². The molecule has 3 N–H and O–H groups in total. The van der Waals surface area contributed by atoms with E-state index in [9.17, 15) is 9.90 Å². The summed E-state index contributed by atoms with van der Waals surface area (Å²) in [5.74, 6) is 0.420. The quantitative estimate of drug-likeness (QED) is 0.768. The fourth-order valence-electron chi connectivity index (χ4n) is 4.14. The van der Waals surface area contributed by atoms with E-state index in [1.807, 2.05) is 6.07 Å². The van der Waals surface area contributed by atoms with Crippen LogP contribution in [0.15, 0.2) is 30.3 Å². The molecule has 1 aliphatic carbocycles. The maximum atomic E-state index is 12.3. The van der Waals surface area contributed by atoms with E-state index in [0.717, 1.165) is 45.2 Å². The monoisotopic (exact) mass is 345 g/mol. The lowest BCUT2D eigenvalue weighted by molar-refractivity contribution is 0.174. The molecule has 1 aromatic rings. The molecule has 0 bridgehead atoms. The normalized spacial score (nSPS) is 30.2. The van der Waals surface area contributed by atoms with Crippen LogP contribution in [0.5, 0.6) is 0 Å². The molecule has 1 aromatic carbocycles. The Bertz CT molecular complexity index is 543. The van der Waals surface area contributed by atoms with Crippen molar-refractivity contribution in [1.29, 1.82) is 0 Å². The Kier molecular flexibility index (Phi) is 6.32. The van der Waals surface area contributed by atoms with Crippen molar-refractivity contribution in [2.24, 2.45) is 5.92 Å². The smallest absolute Gasteiger partial charge is 0.315 e. The number of aliphatic hydroxyl groups excluding tert-OH is 1. The molecule has 138 valence electrons. The van der Waals surface area contributed by atoms with Crippen LogP contribution in [0.2, 0.25) is 0 Å². The zero-order chi connectivity index (χ0) is 17.6. The molecule has 3 rings (SSSR count). The first-order valence-corrected chi connectivity index (χ1v) is 9.60. The fraction of sp³-hybridized carbons (Fsp3) is 0.650. The summed E-state index contributed by atoms with van der Waals surface area (Å²) in [4.78, 5) is 14.7. The predicted octanol–water partition coefficient (Wildman–Crippen LogP) is 2.50. The maximum Gasteiger partial charge on any atom is 0.315 e. The Morgan fingerprint density at radius 3 is 2.48 bits per heavy atom. The Labute approximate surface area is 150 Å². The van der Waals surface area contributed by atoms with Gasteiger partial charge in [-0.1, -0.05) is 30.3 Å². The van der Waals surface area contributed by atoms with Crippen LogP contribution in [0.1, 0.15) is 44.6 Å². The number of likely N-dealkylation sites (tertiary alicyclic amines) is 1. The Hall–Kier alpha value is -1.59. The molecule has 5 nitrogen and oxygen atoms in total. The van der Waals surface area contributed by atoms with Crippen molar-refractivity contribution in [2.45, 2.75) is 63.7 Å². The minimum Gasteiger partial charge on any atom is -0.396 e. The average molecular weight is 345 g/mol. The zero-order valence-electron chi connectivity index (χ0n) is 15.2. The van der Waals surface area contributed by atoms with Gasteiger partial charge in [-0.3, -0.25) is 4.90 Å². The van der Waals surface area contributed by atoms with E-state index < -0.39 is 0 Å². The summed E-state index contributed by atoms with van der Waals surface area (Å²) in [6.07, 6.45) is 4.96. The van der Waals surface area contributed by atoms with Crippen molar-refractivity contribution in [3.8, 4) is 0 Å². The third-order valence-corrected chi connectivity index (χ3v) is 5.71. The topological polar surface area (TPSA) is 64.6 Å². The van der Waals surface area contributed by atoms with Crippen molar-refractivity contribution in [3.63, 3.8) is 0 Å². The molecule has 2 atom stereocenters. The van der Waals surface area contributed by atoms with Crippen molar-refractivity contribution >= 4 is 6.03 Å². The summed E-state index contributed by atoms with van der Waals surface area (Å²) in [5.41, 5.74) is 1.32. The number of nitrogens with zero attached hydrogens (tertiary/aromatic N) is 1. The van der Waals surface area contributed by atoms with Crippen LogP contribution in [0.3, 0.4) is 0 Å². The van der Waals surface area contributed by atoms with Crippen molar-refractivity contribution in [1.82, 2.24) is 15.5 Å². The minimum atomic E-state index is -0.0359. The number of carbonyl (C=O) groups is 1. The third-order valence-electron chi connectivity index (χ3n) is 5.71. The summed E-state index contributed by atoms with van der Waals surface area (Å²) in [5, 5.41) is 15.5. The third kappa shape index (κ3) is 5.19. The average Bonchev–Trinajstić information content (AvgIpc) is 2.95. The number of urea groups is 1. The Morgan fingerprint density at radius 1 is 1.12 bits per heavy atom. The molecule has 0 spiro atoms. The van der Waals surface area contributed by atoms with Crippen molar-refractivity contribution < 1.29 is 9.90 Å². The SMILES string of the molecule is CC1CC(NC(=O)NC2CCC(CO)CC2)CN1Cc1ccccc1. The molecule has 2 fully saturated rings. The minimum absolute atomic E-state index is 0.0359. The highest BCUT2D eigenvalue weighted by molar-refractivity contribution is 5.74. The van der Waals surface area contributed by atoms with E-state index in [4.69, 9.17) is 0 Å². The molecule has 1 saturated heterocycles. The van der Waals surface area contributed by atoms with Crippen molar-refractivity contribution in [2.75, 3.05) is 13.2 Å². The maximum absolute atomic E-state index is 12.3. The van der Waals surface area contributed by atoms with Gasteiger partial charge >= 0.3 is 6.03 Å². The molecule has 1 saturated carbocycles. The van der Waals surface area contributed by atoms with E-state index in [1.165, 1.54) is 5.56 Å². The van der Waals surface area contributed by atoms with Gasteiger partial charge in [-0.15, -0.1) is 0 Å². The number of carbonyl (C=O) groups excluding carboxylic acids is 1. The van der Waals surface area contributed by atoms with Gasteiger partial charge in [-0.25, -0.2) is 4.79 Å². The lowest BCUT2D eigenvalue weighted by Crippen LogP contribution is -2.48. The highest BCUT2D eigenvalue weighted by Gasteiger charge is 2.30. The lowest BCUT2D eigenvalue weighted by atomic mass is 9.87. The summed E-state index contributed by atoms with van der Waals surface area (Å²) in [6, 6.07) is 11.4. The molecule has 2 amide bonds. The lowest BCUT2D eigenvalue weighted by Gasteiger charge is -2.28. The molecular formula is C20H31N3O2. The van der Waals surface area contributed by atoms with Gasteiger partial charge in [-0.05, 0) is 50.5 Å². The van der Waals surface area contributed by atoms with Crippen LogP contribution >= 0.6 is 0 Å². The molecular weight excluding hydrogens is 314 g/mol. The largest absolute Gasteiger partial charge is 0.396 e. The summed E-state index contributed by atoms with van der Waals surface area (Å²) < 4.78 is 0. The second-order valence-electron chi connectivity index (χ2n) is 7.71. The van der Waals surface area contributed by atoms with E-state index in [1.54, 1.807) is 0 Å². The Balaban J connectivity index is 1.42. The number of nitrogens with one attached hydrogen (secondary N) is 2.